The van der Waals surface area contributed by atoms with Crippen LogP contribution in [0.1, 0.15) is 61.4 Å². The third-order valence-corrected chi connectivity index (χ3v) is 9.87. The van der Waals surface area contributed by atoms with E-state index < -0.39 is 64.8 Å². The lowest BCUT2D eigenvalue weighted by molar-refractivity contribution is -0.143. The summed E-state index contributed by atoms with van der Waals surface area (Å²) in [5.41, 5.74) is -0.0771. The first-order valence-electron chi connectivity index (χ1n) is 15.8. The van der Waals surface area contributed by atoms with Gasteiger partial charge < -0.3 is 9.84 Å². The third-order valence-electron chi connectivity index (χ3n) is 9.38. The number of aromatic hydroxyl groups is 1. The number of benzene rings is 2. The van der Waals surface area contributed by atoms with Crippen LogP contribution in [0.4, 0.5) is 32.0 Å². The van der Waals surface area contributed by atoms with Crippen molar-refractivity contribution in [2.45, 2.75) is 57.5 Å². The first kappa shape index (κ1) is 34.9. The van der Waals surface area contributed by atoms with Crippen LogP contribution in [-0.4, -0.2) is 34.6 Å². The van der Waals surface area contributed by atoms with Gasteiger partial charge in [-0.3, -0.25) is 14.6 Å². The Morgan fingerprint density at radius 1 is 1.00 bits per heavy atom. The van der Waals surface area contributed by atoms with Gasteiger partial charge in [0.1, 0.15) is 5.75 Å². The van der Waals surface area contributed by atoms with Crippen molar-refractivity contribution in [1.82, 2.24) is 4.98 Å². The molecule has 49 heavy (non-hydrogen) atoms. The standard InChI is InChI=1S/C36H31BrF6N2O4/c1-2-5-20-14-26-32(34(48)45(33(26)47)25-16-22(35(38,39)40)15-23(17-25)36(41,42)43)27-18-49-30(31(20)27)10-7-19(28-6-3-4-11-44-28)12-21-13-24(37)8-9-29(21)46/h3-4,6,8-9,11-13,15-17,26-27,30,32,46H,2,5,7,10,14,18H2,1H3/b19-12-/t26-,27+,30-,32-/m1/s1. The number of rotatable bonds is 8. The van der Waals surface area contributed by atoms with E-state index in [1.807, 2.05) is 25.1 Å². The normalized spacial score (nSPS) is 22.9. The predicted molar refractivity (Wildman–Crippen MR) is 173 cm³/mol. The van der Waals surface area contributed by atoms with Crippen LogP contribution in [0.2, 0.25) is 0 Å². The topological polar surface area (TPSA) is 79.7 Å². The van der Waals surface area contributed by atoms with E-state index in [1.165, 1.54) is 0 Å². The molecule has 2 aliphatic heterocycles. The number of halogens is 7. The molecule has 2 aromatic carbocycles. The van der Waals surface area contributed by atoms with Crippen molar-refractivity contribution in [2.75, 3.05) is 11.5 Å². The number of ether oxygens (including phenoxy) is 1. The Morgan fingerprint density at radius 3 is 2.35 bits per heavy atom. The van der Waals surface area contributed by atoms with Gasteiger partial charge in [-0.15, -0.1) is 0 Å². The summed E-state index contributed by atoms with van der Waals surface area (Å²) < 4.78 is 89.0. The van der Waals surface area contributed by atoms with Gasteiger partial charge in [-0.05, 0) is 91.4 Å². The summed E-state index contributed by atoms with van der Waals surface area (Å²) in [6.45, 7) is 2.04. The number of imide groups is 1. The number of carbonyl (C=O) groups excluding carboxylic acids is 2. The number of anilines is 1. The number of fused-ring (bicyclic) bond motifs is 3. The number of aromatic nitrogens is 1. The highest BCUT2D eigenvalue weighted by molar-refractivity contribution is 9.10. The fourth-order valence-corrected chi connectivity index (χ4v) is 7.65. The number of hydrogen-bond acceptors (Lipinski definition) is 5. The first-order valence-corrected chi connectivity index (χ1v) is 16.6. The number of carbonyl (C=O) groups is 2. The summed E-state index contributed by atoms with van der Waals surface area (Å²) in [4.78, 5) is 32.7. The van der Waals surface area contributed by atoms with E-state index in [9.17, 15) is 41.0 Å². The number of phenols is 1. The predicted octanol–water partition coefficient (Wildman–Crippen LogP) is 9.23. The number of nitrogens with zero attached hydrogens (tertiary/aromatic N) is 2. The highest BCUT2D eigenvalue weighted by Crippen LogP contribution is 2.52. The summed E-state index contributed by atoms with van der Waals surface area (Å²) in [5.74, 6) is -4.04. The summed E-state index contributed by atoms with van der Waals surface area (Å²) >= 11 is 3.43. The molecule has 0 bridgehead atoms. The highest BCUT2D eigenvalue weighted by Gasteiger charge is 2.57. The number of phenolic OH excluding ortho intramolecular Hbond substituents is 1. The SMILES string of the molecule is CCCC1=C2[C@@H](CC/C(=C/c3cc(Br)ccc3O)c3ccccn3)OC[C@@H]2[C@@H]2C(=O)N(c3cc(C(F)(F)F)cc(C(F)(F)F)c3)C(=O)[C@@H]2C1. The molecule has 2 saturated heterocycles. The quantitative estimate of drug-likeness (QED) is 0.141. The molecule has 1 N–H and O–H groups in total. The summed E-state index contributed by atoms with van der Waals surface area (Å²) in [6, 6.07) is 11.4. The number of pyridine rings is 1. The summed E-state index contributed by atoms with van der Waals surface area (Å²) in [5, 5.41) is 10.5. The van der Waals surface area contributed by atoms with Gasteiger partial charge in [0.05, 0.1) is 47.1 Å². The smallest absolute Gasteiger partial charge is 0.416 e. The van der Waals surface area contributed by atoms with E-state index in [-0.39, 0.29) is 24.8 Å². The Labute approximate surface area is 286 Å². The first-order chi connectivity index (χ1) is 23.2. The molecule has 1 aliphatic carbocycles. The Hall–Kier alpha value is -3.97. The number of hydrogen-bond donors (Lipinski definition) is 1. The molecular formula is C36H31BrF6N2O4. The van der Waals surface area contributed by atoms with Gasteiger partial charge >= 0.3 is 12.4 Å². The van der Waals surface area contributed by atoms with Gasteiger partial charge in [-0.25, -0.2) is 4.90 Å². The number of amides is 2. The molecular weight excluding hydrogens is 718 g/mol. The van der Waals surface area contributed by atoms with Crippen LogP contribution >= 0.6 is 15.9 Å². The fraction of sp³-hybridized carbons (Fsp3) is 0.361. The van der Waals surface area contributed by atoms with E-state index in [4.69, 9.17) is 4.74 Å². The molecule has 258 valence electrons. The zero-order valence-electron chi connectivity index (χ0n) is 26.1. The molecule has 0 saturated carbocycles. The maximum absolute atomic E-state index is 13.9. The molecule has 0 unspecified atom stereocenters. The average Bonchev–Trinajstić information content (AvgIpc) is 3.58. The summed E-state index contributed by atoms with van der Waals surface area (Å²) in [7, 11) is 0. The Balaban J connectivity index is 1.32. The van der Waals surface area contributed by atoms with E-state index in [0.717, 1.165) is 21.2 Å². The molecule has 3 aromatic rings. The van der Waals surface area contributed by atoms with Crippen LogP contribution in [0.3, 0.4) is 0 Å². The van der Waals surface area contributed by atoms with Gasteiger partial charge in [-0.2, -0.15) is 26.3 Å². The lowest BCUT2D eigenvalue weighted by Crippen LogP contribution is -2.34. The molecule has 2 amide bonds. The molecule has 0 radical (unpaired) electrons. The van der Waals surface area contributed by atoms with Crippen LogP contribution in [0.5, 0.6) is 5.75 Å². The minimum Gasteiger partial charge on any atom is -0.507 e. The van der Waals surface area contributed by atoms with Crippen molar-refractivity contribution in [1.29, 1.82) is 0 Å². The van der Waals surface area contributed by atoms with E-state index >= 15 is 0 Å². The second-order valence-electron chi connectivity index (χ2n) is 12.5. The monoisotopic (exact) mass is 748 g/mol. The van der Waals surface area contributed by atoms with Crippen LogP contribution in [0.15, 0.2) is 76.4 Å². The average molecular weight is 750 g/mol. The lowest BCUT2D eigenvalue weighted by atomic mass is 9.68. The van der Waals surface area contributed by atoms with Crippen molar-refractivity contribution in [3.8, 4) is 5.75 Å². The van der Waals surface area contributed by atoms with Gasteiger partial charge in [-0.1, -0.05) is 40.9 Å². The van der Waals surface area contributed by atoms with Crippen molar-refractivity contribution >= 4 is 45.1 Å². The Kier molecular flexibility index (Phi) is 9.53. The zero-order valence-corrected chi connectivity index (χ0v) is 27.7. The van der Waals surface area contributed by atoms with Gasteiger partial charge in [0, 0.05) is 22.2 Å². The molecule has 13 heteroatoms. The minimum absolute atomic E-state index is 0.0261. The largest absolute Gasteiger partial charge is 0.507 e. The molecule has 6 rings (SSSR count). The molecule has 1 aromatic heterocycles. The van der Waals surface area contributed by atoms with Crippen LogP contribution in [-0.2, 0) is 26.7 Å². The maximum atomic E-state index is 13.9. The van der Waals surface area contributed by atoms with Crippen molar-refractivity contribution in [2.24, 2.45) is 17.8 Å². The molecule has 0 spiro atoms. The zero-order chi connectivity index (χ0) is 35.2. The molecule has 6 nitrogen and oxygen atoms in total. The molecule has 4 atom stereocenters. The molecule has 3 heterocycles. The van der Waals surface area contributed by atoms with Gasteiger partial charge in [0.2, 0.25) is 11.8 Å². The number of alkyl halides is 6. The van der Waals surface area contributed by atoms with E-state index in [1.54, 1.807) is 30.5 Å². The van der Waals surface area contributed by atoms with E-state index in [0.29, 0.717) is 54.0 Å². The second-order valence-corrected chi connectivity index (χ2v) is 13.4. The molecule has 3 aliphatic rings. The fourth-order valence-electron chi connectivity index (χ4n) is 7.28. The van der Waals surface area contributed by atoms with Crippen molar-refractivity contribution in [3.63, 3.8) is 0 Å². The van der Waals surface area contributed by atoms with E-state index in [2.05, 4.69) is 20.9 Å². The van der Waals surface area contributed by atoms with Crippen molar-refractivity contribution in [3.05, 3.63) is 98.8 Å². The van der Waals surface area contributed by atoms with Crippen LogP contribution in [0.25, 0.3) is 11.6 Å². The summed E-state index contributed by atoms with van der Waals surface area (Å²) in [6.07, 6.45) is -4.84. The highest BCUT2D eigenvalue weighted by atomic mass is 79.9. The second kappa shape index (κ2) is 13.4. The van der Waals surface area contributed by atoms with Crippen LogP contribution < -0.4 is 4.90 Å². The third kappa shape index (κ3) is 6.92. The van der Waals surface area contributed by atoms with Gasteiger partial charge in [0.15, 0.2) is 0 Å². The lowest BCUT2D eigenvalue weighted by Gasteiger charge is -2.32. The Bertz CT molecular complexity index is 1810. The molecule has 2 fully saturated rings. The van der Waals surface area contributed by atoms with Gasteiger partial charge in [0.25, 0.3) is 0 Å². The maximum Gasteiger partial charge on any atom is 0.416 e. The Morgan fingerprint density at radius 2 is 1.71 bits per heavy atom. The minimum atomic E-state index is -5.14. The van der Waals surface area contributed by atoms with Crippen LogP contribution in [0, 0.1) is 17.8 Å². The number of allylic oxidation sites excluding steroid dienone is 2. The van der Waals surface area contributed by atoms with Crippen molar-refractivity contribution < 1.29 is 45.8 Å².